The third kappa shape index (κ3) is 1.87. The summed E-state index contributed by atoms with van der Waals surface area (Å²) in [5.74, 6) is 1.76. The number of hydrogen-bond donors (Lipinski definition) is 0. The van der Waals surface area contributed by atoms with E-state index in [0.717, 1.165) is 49.2 Å². The van der Waals surface area contributed by atoms with E-state index < -0.39 is 0 Å². The van der Waals surface area contributed by atoms with E-state index in [9.17, 15) is 4.79 Å². The molecule has 1 aromatic carbocycles. The summed E-state index contributed by atoms with van der Waals surface area (Å²) in [4.78, 5) is 15.6. The Morgan fingerprint density at radius 1 is 1.43 bits per heavy atom. The number of ether oxygens (including phenoxy) is 1. The van der Waals surface area contributed by atoms with Gasteiger partial charge in [0, 0.05) is 35.5 Å². The number of aryl methyl sites for hydroxylation is 1. The molecule has 4 atom stereocenters. The zero-order valence-electron chi connectivity index (χ0n) is 16.2. The highest BCUT2D eigenvalue weighted by atomic mass is 16.5. The van der Waals surface area contributed by atoms with Crippen molar-refractivity contribution in [1.29, 1.82) is 0 Å². The van der Waals surface area contributed by atoms with Crippen LogP contribution < -0.4 is 4.74 Å². The van der Waals surface area contributed by atoms with E-state index in [2.05, 4.69) is 24.5 Å². The monoisotopic (exact) mass is 375 g/mol. The van der Waals surface area contributed by atoms with Crippen LogP contribution in [0.3, 0.4) is 0 Å². The molecule has 0 radical (unpaired) electrons. The number of piperidine rings is 1. The second-order valence-corrected chi connectivity index (χ2v) is 8.89. The van der Waals surface area contributed by atoms with Gasteiger partial charge in [0.15, 0.2) is 11.9 Å². The van der Waals surface area contributed by atoms with Gasteiger partial charge < -0.3 is 9.15 Å². The van der Waals surface area contributed by atoms with Gasteiger partial charge in [0.05, 0.1) is 12.5 Å². The molecule has 144 valence electrons. The number of ketones is 1. The average Bonchev–Trinajstić information content (AvgIpc) is 3.32. The van der Waals surface area contributed by atoms with E-state index in [0.29, 0.717) is 24.2 Å². The van der Waals surface area contributed by atoms with Crippen LogP contribution in [-0.2, 0) is 16.6 Å². The van der Waals surface area contributed by atoms with Crippen molar-refractivity contribution in [2.45, 2.75) is 50.2 Å². The lowest BCUT2D eigenvalue weighted by Crippen LogP contribution is -2.66. The molecule has 0 amide bonds. The van der Waals surface area contributed by atoms with Crippen LogP contribution in [0.25, 0.3) is 11.1 Å². The molecule has 4 aliphatic rings. The number of furan rings is 1. The van der Waals surface area contributed by atoms with Crippen LogP contribution in [0.1, 0.15) is 36.0 Å². The number of likely N-dealkylation sites (tertiary alicyclic amines) is 1. The van der Waals surface area contributed by atoms with Gasteiger partial charge in [-0.3, -0.25) is 9.69 Å². The summed E-state index contributed by atoms with van der Waals surface area (Å²) < 4.78 is 11.9. The Morgan fingerprint density at radius 3 is 3.11 bits per heavy atom. The van der Waals surface area contributed by atoms with Crippen molar-refractivity contribution in [1.82, 2.24) is 4.90 Å². The highest BCUT2D eigenvalue weighted by Crippen LogP contribution is 2.63. The zero-order chi connectivity index (χ0) is 19.0. The van der Waals surface area contributed by atoms with Gasteiger partial charge in [-0.2, -0.15) is 0 Å². The first-order valence-electron chi connectivity index (χ1n) is 10.4. The molecule has 2 aliphatic heterocycles. The van der Waals surface area contributed by atoms with Gasteiger partial charge in [0.25, 0.3) is 0 Å². The fraction of sp³-hybridized carbons (Fsp3) is 0.458. The zero-order valence-corrected chi connectivity index (χ0v) is 16.2. The highest BCUT2D eigenvalue weighted by molar-refractivity contribution is 5.90. The Kier molecular flexibility index (Phi) is 3.32. The van der Waals surface area contributed by atoms with E-state index in [1.165, 1.54) is 16.7 Å². The molecule has 1 saturated carbocycles. The molecular formula is C24H25NO3. The van der Waals surface area contributed by atoms with Crippen LogP contribution in [0.15, 0.2) is 41.7 Å². The van der Waals surface area contributed by atoms with Crippen molar-refractivity contribution in [2.24, 2.45) is 5.92 Å². The molecular weight excluding hydrogens is 350 g/mol. The smallest absolute Gasteiger partial charge is 0.174 e. The minimum atomic E-state index is -0.299. The molecule has 4 nitrogen and oxygen atoms in total. The van der Waals surface area contributed by atoms with Crippen LogP contribution in [0, 0.1) is 12.8 Å². The molecule has 2 aliphatic carbocycles. The normalized spacial score (nSPS) is 32.8. The molecule has 2 bridgehead atoms. The summed E-state index contributed by atoms with van der Waals surface area (Å²) >= 11 is 0. The van der Waals surface area contributed by atoms with Crippen molar-refractivity contribution in [3.05, 3.63) is 54.0 Å². The molecule has 2 fully saturated rings. The fourth-order valence-electron chi connectivity index (χ4n) is 6.74. The van der Waals surface area contributed by atoms with E-state index in [1.54, 1.807) is 6.26 Å². The van der Waals surface area contributed by atoms with Crippen molar-refractivity contribution in [3.8, 4) is 16.9 Å². The van der Waals surface area contributed by atoms with Gasteiger partial charge in [-0.25, -0.2) is 0 Å². The lowest BCUT2D eigenvalue weighted by molar-refractivity contribution is -0.138. The van der Waals surface area contributed by atoms with Crippen LogP contribution in [0.2, 0.25) is 0 Å². The van der Waals surface area contributed by atoms with Gasteiger partial charge >= 0.3 is 0 Å². The Labute approximate surface area is 165 Å². The van der Waals surface area contributed by atoms with Crippen LogP contribution in [0.4, 0.5) is 0 Å². The third-order valence-electron chi connectivity index (χ3n) is 7.75. The Bertz CT molecular complexity index is 992. The SMILES string of the molecule is C=CCN1CC[C@@]23c4c5c(-c6ccoc6)cc(C)c4O[C@@H]2C(=O)CC[C@@H]3C1C5. The second-order valence-electron chi connectivity index (χ2n) is 8.89. The van der Waals surface area contributed by atoms with E-state index in [-0.39, 0.29) is 11.5 Å². The van der Waals surface area contributed by atoms with Gasteiger partial charge in [0.2, 0.25) is 0 Å². The number of carbonyl (C=O) groups excluding carboxylic acids is 1. The number of hydrogen-bond acceptors (Lipinski definition) is 4. The first-order valence-corrected chi connectivity index (χ1v) is 10.4. The first-order chi connectivity index (χ1) is 13.6. The summed E-state index contributed by atoms with van der Waals surface area (Å²) in [6.07, 6.45) is 8.91. The second kappa shape index (κ2) is 5.60. The molecule has 4 heteroatoms. The quantitative estimate of drug-likeness (QED) is 0.759. The molecule has 3 heterocycles. The number of nitrogens with zero attached hydrogens (tertiary/aromatic N) is 1. The third-order valence-corrected chi connectivity index (χ3v) is 7.75. The van der Waals surface area contributed by atoms with Gasteiger partial charge in [-0.15, -0.1) is 6.58 Å². The molecule has 1 aromatic heterocycles. The number of Topliss-reactive ketones (excluding diaryl/α,β-unsaturated/α-hetero) is 1. The van der Waals surface area contributed by atoms with Crippen molar-refractivity contribution < 1.29 is 13.9 Å². The Morgan fingerprint density at radius 2 is 2.32 bits per heavy atom. The van der Waals surface area contributed by atoms with Crippen molar-refractivity contribution >= 4 is 5.78 Å². The highest BCUT2D eigenvalue weighted by Gasteiger charge is 2.65. The Hall–Kier alpha value is -2.33. The topological polar surface area (TPSA) is 42.7 Å². The maximum atomic E-state index is 13.0. The van der Waals surface area contributed by atoms with Crippen LogP contribution in [0.5, 0.6) is 5.75 Å². The van der Waals surface area contributed by atoms with Gasteiger partial charge in [0.1, 0.15) is 5.75 Å². The largest absolute Gasteiger partial charge is 0.481 e. The summed E-state index contributed by atoms with van der Waals surface area (Å²) in [5.41, 5.74) is 6.07. The summed E-state index contributed by atoms with van der Waals surface area (Å²) in [6.45, 7) is 8.01. The Balaban J connectivity index is 1.64. The van der Waals surface area contributed by atoms with Crippen molar-refractivity contribution in [3.63, 3.8) is 0 Å². The summed E-state index contributed by atoms with van der Waals surface area (Å²) in [6, 6.07) is 4.71. The lowest BCUT2D eigenvalue weighted by Gasteiger charge is -2.57. The molecule has 1 unspecified atom stereocenters. The molecule has 0 N–H and O–H groups in total. The average molecular weight is 375 g/mol. The number of benzene rings is 1. The van der Waals surface area contributed by atoms with Crippen molar-refractivity contribution in [2.75, 3.05) is 13.1 Å². The minimum absolute atomic E-state index is 0.148. The molecule has 6 rings (SSSR count). The maximum absolute atomic E-state index is 13.0. The summed E-state index contributed by atoms with van der Waals surface area (Å²) in [7, 11) is 0. The minimum Gasteiger partial charge on any atom is -0.481 e. The lowest BCUT2D eigenvalue weighted by atomic mass is 9.51. The predicted molar refractivity (Wildman–Crippen MR) is 107 cm³/mol. The predicted octanol–water partition coefficient (Wildman–Crippen LogP) is 4.05. The van der Waals surface area contributed by atoms with Crippen LogP contribution in [-0.4, -0.2) is 35.9 Å². The molecule has 2 aromatic rings. The van der Waals surface area contributed by atoms with Crippen LogP contribution >= 0.6 is 0 Å². The molecule has 1 saturated heterocycles. The van der Waals surface area contributed by atoms with E-state index >= 15 is 0 Å². The standard InChI is InChI=1S/C24H25NO3/c1-3-8-25-9-7-24-18-4-5-20(26)23(24)28-22-14(2)11-16(15-6-10-27-13-15)17(21(22)24)12-19(18)25/h3,6,10-11,13,18-19,23H,1,4-5,7-9,12H2,2H3/t18-,19?,23-,24-/m1/s1. The van der Waals surface area contributed by atoms with E-state index in [1.807, 2.05) is 18.4 Å². The molecule has 1 spiro atoms. The molecule has 28 heavy (non-hydrogen) atoms. The number of rotatable bonds is 3. The van der Waals surface area contributed by atoms with Gasteiger partial charge in [-0.05, 0) is 67.5 Å². The van der Waals surface area contributed by atoms with Gasteiger partial charge in [-0.1, -0.05) is 6.08 Å². The summed E-state index contributed by atoms with van der Waals surface area (Å²) in [5, 5.41) is 0. The fourth-order valence-corrected chi connectivity index (χ4v) is 6.74. The first kappa shape index (κ1) is 16.6. The maximum Gasteiger partial charge on any atom is 0.174 e. The number of carbonyl (C=O) groups is 1. The van der Waals surface area contributed by atoms with E-state index in [4.69, 9.17) is 9.15 Å².